The number of aliphatic carboxylic acids is 1. The minimum atomic E-state index is -1.00. The average Bonchev–Trinajstić information content (AvgIpc) is 2.30. The molecule has 0 aliphatic carbocycles. The van der Waals surface area contributed by atoms with Crippen LogP contribution in [0.15, 0.2) is 35.1 Å². The molecule has 1 heterocycles. The van der Waals surface area contributed by atoms with Crippen LogP contribution < -0.4 is 5.56 Å². The number of aromatic nitrogens is 2. The molecule has 0 radical (unpaired) electrons. The van der Waals surface area contributed by atoms with Gasteiger partial charge in [0.15, 0.2) is 0 Å². The molecule has 2 aromatic rings. The summed E-state index contributed by atoms with van der Waals surface area (Å²) in [5.41, 5.74) is 2.11. The largest absolute Gasteiger partial charge is 0.481 e. The second kappa shape index (κ2) is 5.48. The number of hydrogen-bond acceptors (Lipinski definition) is 3. The lowest BCUT2D eigenvalue weighted by molar-refractivity contribution is -0.136. The lowest BCUT2D eigenvalue weighted by Crippen LogP contribution is -2.15. The summed E-state index contributed by atoms with van der Waals surface area (Å²) in [6.45, 7) is 1.98. The van der Waals surface area contributed by atoms with Crippen molar-refractivity contribution in [2.75, 3.05) is 0 Å². The summed E-state index contributed by atoms with van der Waals surface area (Å²) in [6.07, 6.45) is 0.236. The van der Waals surface area contributed by atoms with Crippen molar-refractivity contribution in [1.82, 2.24) is 9.97 Å². The Kier molecular flexibility index (Phi) is 3.75. The van der Waals surface area contributed by atoms with Crippen LogP contribution in [-0.2, 0) is 17.6 Å². The van der Waals surface area contributed by atoms with Crippen LogP contribution >= 0.6 is 0 Å². The summed E-state index contributed by atoms with van der Waals surface area (Å²) in [6, 6.07) is 9.01. The SMILES string of the molecule is Cc1ccccc1Cc1nc(CC(=O)O)cc(=O)[nH]1. The highest BCUT2D eigenvalue weighted by molar-refractivity contribution is 5.69. The first kappa shape index (κ1) is 13.0. The van der Waals surface area contributed by atoms with Crippen LogP contribution in [0.3, 0.4) is 0 Å². The van der Waals surface area contributed by atoms with Crippen LogP contribution in [-0.4, -0.2) is 21.0 Å². The first-order valence-corrected chi connectivity index (χ1v) is 5.90. The highest BCUT2D eigenvalue weighted by Crippen LogP contribution is 2.10. The fraction of sp³-hybridized carbons (Fsp3) is 0.214. The molecular formula is C14H14N2O3. The van der Waals surface area contributed by atoms with Gasteiger partial charge in [0.05, 0.1) is 12.1 Å². The molecule has 0 saturated carbocycles. The molecule has 98 valence electrons. The number of benzene rings is 1. The van der Waals surface area contributed by atoms with Gasteiger partial charge in [0.1, 0.15) is 5.82 Å². The Bertz CT molecular complexity index is 662. The number of hydrogen-bond donors (Lipinski definition) is 2. The zero-order valence-corrected chi connectivity index (χ0v) is 10.5. The van der Waals surface area contributed by atoms with Crippen molar-refractivity contribution in [3.05, 3.63) is 63.3 Å². The summed E-state index contributed by atoms with van der Waals surface area (Å²) < 4.78 is 0. The van der Waals surface area contributed by atoms with E-state index in [1.54, 1.807) is 0 Å². The monoisotopic (exact) mass is 258 g/mol. The second-order valence-corrected chi connectivity index (χ2v) is 4.36. The molecule has 1 aromatic heterocycles. The molecule has 0 unspecified atom stereocenters. The lowest BCUT2D eigenvalue weighted by atomic mass is 10.1. The van der Waals surface area contributed by atoms with Crippen LogP contribution in [0.4, 0.5) is 0 Å². The van der Waals surface area contributed by atoms with Gasteiger partial charge in [-0.15, -0.1) is 0 Å². The predicted molar refractivity (Wildman–Crippen MR) is 70.2 cm³/mol. The molecule has 5 heteroatoms. The van der Waals surface area contributed by atoms with Crippen molar-refractivity contribution in [2.24, 2.45) is 0 Å². The smallest absolute Gasteiger partial charge is 0.309 e. The maximum atomic E-state index is 11.5. The number of H-pyrrole nitrogens is 1. The Hall–Kier alpha value is -2.43. The van der Waals surface area contributed by atoms with E-state index >= 15 is 0 Å². The summed E-state index contributed by atoms with van der Waals surface area (Å²) in [5, 5.41) is 8.73. The van der Waals surface area contributed by atoms with Gasteiger partial charge in [-0.05, 0) is 18.1 Å². The first-order valence-electron chi connectivity index (χ1n) is 5.90. The van der Waals surface area contributed by atoms with Crippen molar-refractivity contribution in [3.8, 4) is 0 Å². The Balaban J connectivity index is 2.30. The minimum Gasteiger partial charge on any atom is -0.481 e. The highest BCUT2D eigenvalue weighted by Gasteiger charge is 2.07. The van der Waals surface area contributed by atoms with E-state index in [0.717, 1.165) is 11.1 Å². The fourth-order valence-electron chi connectivity index (χ4n) is 1.88. The average molecular weight is 258 g/mol. The molecule has 0 atom stereocenters. The third-order valence-electron chi connectivity index (χ3n) is 2.80. The lowest BCUT2D eigenvalue weighted by Gasteiger charge is -2.06. The number of aryl methyl sites for hydroxylation is 1. The van der Waals surface area contributed by atoms with Gasteiger partial charge in [0, 0.05) is 12.5 Å². The Morgan fingerprint density at radius 1 is 1.37 bits per heavy atom. The van der Waals surface area contributed by atoms with E-state index in [0.29, 0.717) is 12.2 Å². The van der Waals surface area contributed by atoms with Gasteiger partial charge in [0.2, 0.25) is 0 Å². The fourth-order valence-corrected chi connectivity index (χ4v) is 1.88. The quantitative estimate of drug-likeness (QED) is 0.865. The Morgan fingerprint density at radius 2 is 2.11 bits per heavy atom. The van der Waals surface area contributed by atoms with Crippen molar-refractivity contribution in [2.45, 2.75) is 19.8 Å². The molecule has 0 saturated heterocycles. The number of aromatic amines is 1. The van der Waals surface area contributed by atoms with Gasteiger partial charge in [-0.2, -0.15) is 0 Å². The summed E-state index contributed by atoms with van der Waals surface area (Å²) in [5.74, 6) is -0.516. The standard InChI is InChI=1S/C14H14N2O3/c1-9-4-2-3-5-10(9)6-12-15-11(8-14(18)19)7-13(17)16-12/h2-5,7H,6,8H2,1H3,(H,18,19)(H,15,16,17). The Morgan fingerprint density at radius 3 is 2.79 bits per heavy atom. The van der Waals surface area contributed by atoms with Gasteiger partial charge in [-0.3, -0.25) is 9.59 Å². The number of nitrogens with zero attached hydrogens (tertiary/aromatic N) is 1. The maximum absolute atomic E-state index is 11.5. The van der Waals surface area contributed by atoms with Crippen molar-refractivity contribution in [1.29, 1.82) is 0 Å². The van der Waals surface area contributed by atoms with Crippen LogP contribution in [0.5, 0.6) is 0 Å². The minimum absolute atomic E-state index is 0.245. The van der Waals surface area contributed by atoms with Crippen LogP contribution in [0.1, 0.15) is 22.6 Å². The second-order valence-electron chi connectivity index (χ2n) is 4.36. The molecule has 5 nitrogen and oxygen atoms in total. The third kappa shape index (κ3) is 3.51. The van der Waals surface area contributed by atoms with E-state index in [1.807, 2.05) is 31.2 Å². The van der Waals surface area contributed by atoms with E-state index in [-0.39, 0.29) is 17.7 Å². The van der Waals surface area contributed by atoms with Gasteiger partial charge in [-0.25, -0.2) is 4.98 Å². The molecule has 1 aromatic carbocycles. The Labute approximate surface area is 110 Å². The van der Waals surface area contributed by atoms with E-state index in [4.69, 9.17) is 5.11 Å². The molecule has 2 N–H and O–H groups in total. The summed E-state index contributed by atoms with van der Waals surface area (Å²) >= 11 is 0. The molecule has 0 aliphatic heterocycles. The molecule has 0 spiro atoms. The molecule has 2 rings (SSSR count). The number of nitrogens with one attached hydrogen (secondary N) is 1. The van der Waals surface area contributed by atoms with E-state index < -0.39 is 5.97 Å². The molecule has 0 aliphatic rings. The van der Waals surface area contributed by atoms with Gasteiger partial charge in [-0.1, -0.05) is 24.3 Å². The number of carboxylic acids is 1. The van der Waals surface area contributed by atoms with Crippen molar-refractivity contribution < 1.29 is 9.90 Å². The molecule has 0 fully saturated rings. The van der Waals surface area contributed by atoms with Gasteiger partial charge >= 0.3 is 5.97 Å². The van der Waals surface area contributed by atoms with Crippen molar-refractivity contribution >= 4 is 5.97 Å². The van der Waals surface area contributed by atoms with Crippen molar-refractivity contribution in [3.63, 3.8) is 0 Å². The molecule has 0 bridgehead atoms. The molecule has 19 heavy (non-hydrogen) atoms. The van der Waals surface area contributed by atoms with Crippen LogP contribution in [0.2, 0.25) is 0 Å². The number of rotatable bonds is 4. The third-order valence-corrected chi connectivity index (χ3v) is 2.80. The van der Waals surface area contributed by atoms with Crippen LogP contribution in [0.25, 0.3) is 0 Å². The first-order chi connectivity index (χ1) is 9.04. The predicted octanol–water partition coefficient (Wildman–Crippen LogP) is 1.30. The zero-order valence-electron chi connectivity index (χ0n) is 10.5. The van der Waals surface area contributed by atoms with Gasteiger partial charge in [0.25, 0.3) is 5.56 Å². The summed E-state index contributed by atoms with van der Waals surface area (Å²) in [7, 11) is 0. The van der Waals surface area contributed by atoms with E-state index in [9.17, 15) is 9.59 Å². The van der Waals surface area contributed by atoms with Crippen LogP contribution in [0, 0.1) is 6.92 Å². The van der Waals surface area contributed by atoms with Gasteiger partial charge < -0.3 is 10.1 Å². The summed E-state index contributed by atoms with van der Waals surface area (Å²) in [4.78, 5) is 28.9. The normalized spacial score (nSPS) is 10.4. The van der Waals surface area contributed by atoms with E-state index in [2.05, 4.69) is 9.97 Å². The molecular weight excluding hydrogens is 244 g/mol. The molecule has 0 amide bonds. The topological polar surface area (TPSA) is 83.0 Å². The maximum Gasteiger partial charge on any atom is 0.309 e. The number of carbonyl (C=O) groups is 1. The highest BCUT2D eigenvalue weighted by atomic mass is 16.4. The van der Waals surface area contributed by atoms with E-state index in [1.165, 1.54) is 6.07 Å². The zero-order chi connectivity index (χ0) is 13.8. The number of carboxylic acid groups (broad SMARTS) is 1.